The Morgan fingerprint density at radius 3 is 2.46 bits per heavy atom. The van der Waals surface area contributed by atoms with E-state index >= 15 is 0 Å². The van der Waals surface area contributed by atoms with Gasteiger partial charge in [0.05, 0.1) is 28.5 Å². The summed E-state index contributed by atoms with van der Waals surface area (Å²) in [5, 5.41) is 0.566. The molecule has 0 amide bonds. The van der Waals surface area contributed by atoms with E-state index in [0.29, 0.717) is 25.6 Å². The van der Waals surface area contributed by atoms with Gasteiger partial charge in [0, 0.05) is 29.0 Å². The van der Waals surface area contributed by atoms with Gasteiger partial charge in [0.15, 0.2) is 4.80 Å². The summed E-state index contributed by atoms with van der Waals surface area (Å²) >= 11 is 7.50. The molecule has 2 aromatic carbocycles. The molecule has 37 heavy (non-hydrogen) atoms. The molecular formula is C29H26ClN3O3S. The fourth-order valence-corrected chi connectivity index (χ4v) is 5.69. The summed E-state index contributed by atoms with van der Waals surface area (Å²) < 4.78 is 9.73. The predicted octanol–water partition coefficient (Wildman–Crippen LogP) is 4.54. The number of halogens is 1. The number of rotatable bonds is 5. The third-order valence-electron chi connectivity index (χ3n) is 6.66. The highest BCUT2D eigenvalue weighted by atomic mass is 35.5. The van der Waals surface area contributed by atoms with Crippen molar-refractivity contribution in [1.29, 1.82) is 0 Å². The third kappa shape index (κ3) is 4.49. The summed E-state index contributed by atoms with van der Waals surface area (Å²) in [6.07, 6.45) is 1.90. The molecule has 0 fully saturated rings. The maximum atomic E-state index is 13.9. The van der Waals surface area contributed by atoms with Gasteiger partial charge >= 0.3 is 5.97 Å². The number of esters is 1. The van der Waals surface area contributed by atoms with Crippen LogP contribution in [0, 0.1) is 13.8 Å². The summed E-state index contributed by atoms with van der Waals surface area (Å²) in [6, 6.07) is 18.0. The second kappa shape index (κ2) is 10.00. The van der Waals surface area contributed by atoms with Gasteiger partial charge in [0.25, 0.3) is 5.56 Å². The van der Waals surface area contributed by atoms with E-state index < -0.39 is 12.0 Å². The Bertz CT molecular complexity index is 1710. The van der Waals surface area contributed by atoms with Crippen molar-refractivity contribution in [2.75, 3.05) is 6.61 Å². The molecule has 1 aliphatic heterocycles. The summed E-state index contributed by atoms with van der Waals surface area (Å²) in [7, 11) is 2.00. The van der Waals surface area contributed by atoms with Crippen LogP contribution in [0.25, 0.3) is 11.8 Å². The van der Waals surface area contributed by atoms with Crippen LogP contribution >= 0.6 is 22.9 Å². The first-order valence-corrected chi connectivity index (χ1v) is 13.2. The lowest BCUT2D eigenvalue weighted by atomic mass is 9.93. The van der Waals surface area contributed by atoms with Crippen LogP contribution in [0.4, 0.5) is 0 Å². The highest BCUT2D eigenvalue weighted by molar-refractivity contribution is 7.07. The molecule has 0 radical (unpaired) electrons. The lowest BCUT2D eigenvalue weighted by Crippen LogP contribution is -2.40. The first-order valence-electron chi connectivity index (χ1n) is 12.0. The number of aryl methyl sites for hydroxylation is 1. The van der Waals surface area contributed by atoms with E-state index in [9.17, 15) is 9.59 Å². The molecule has 3 heterocycles. The summed E-state index contributed by atoms with van der Waals surface area (Å²) in [6.45, 7) is 6.02. The van der Waals surface area contributed by atoms with Crippen LogP contribution in [-0.2, 0) is 16.6 Å². The molecule has 0 spiro atoms. The van der Waals surface area contributed by atoms with Crippen LogP contribution in [-0.4, -0.2) is 21.7 Å². The van der Waals surface area contributed by atoms with Gasteiger partial charge in [-0.05, 0) is 56.2 Å². The van der Waals surface area contributed by atoms with Crippen molar-refractivity contribution in [2.45, 2.75) is 26.8 Å². The Hall–Kier alpha value is -3.68. The van der Waals surface area contributed by atoms with Crippen LogP contribution in [0.5, 0.6) is 0 Å². The Morgan fingerprint density at radius 1 is 1.14 bits per heavy atom. The molecule has 4 aromatic rings. The van der Waals surface area contributed by atoms with E-state index in [0.717, 1.165) is 28.1 Å². The van der Waals surface area contributed by atoms with Gasteiger partial charge < -0.3 is 9.30 Å². The van der Waals surface area contributed by atoms with Crippen molar-refractivity contribution in [3.05, 3.63) is 119 Å². The number of hydrogen-bond acceptors (Lipinski definition) is 5. The maximum Gasteiger partial charge on any atom is 0.338 e. The number of hydrogen-bond donors (Lipinski definition) is 0. The monoisotopic (exact) mass is 531 g/mol. The SMILES string of the molecule is CCOC(=O)C1=C(c2ccccc2)N=c2s/c(=C/c3cc(C)n(C)c3C)c(=O)n2[C@H]1c1ccc(Cl)cc1. The van der Waals surface area contributed by atoms with Crippen LogP contribution < -0.4 is 14.9 Å². The van der Waals surface area contributed by atoms with E-state index in [1.807, 2.05) is 69.4 Å². The van der Waals surface area contributed by atoms with Crippen LogP contribution in [0.1, 0.15) is 41.0 Å². The molecule has 0 unspecified atom stereocenters. The standard InChI is InChI=1S/C29H26ClN3O3S/c1-5-36-28(35)24-25(19-9-7-6-8-10-19)31-29-33(26(24)20-11-13-22(30)14-12-20)27(34)23(37-29)16-21-15-17(2)32(4)18(21)3/h6-16,26H,5H2,1-4H3/b23-16+/t26-/m0/s1. The molecular weight excluding hydrogens is 506 g/mol. The maximum absolute atomic E-state index is 13.9. The molecule has 188 valence electrons. The van der Waals surface area contributed by atoms with Gasteiger partial charge in [0.2, 0.25) is 0 Å². The van der Waals surface area contributed by atoms with Gasteiger partial charge in [-0.3, -0.25) is 9.36 Å². The molecule has 0 bridgehead atoms. The highest BCUT2D eigenvalue weighted by Gasteiger charge is 2.35. The molecule has 0 saturated heterocycles. The molecule has 8 heteroatoms. The van der Waals surface area contributed by atoms with E-state index in [2.05, 4.69) is 10.6 Å². The van der Waals surface area contributed by atoms with E-state index in [4.69, 9.17) is 21.3 Å². The van der Waals surface area contributed by atoms with Crippen LogP contribution in [0.2, 0.25) is 5.02 Å². The van der Waals surface area contributed by atoms with Crippen molar-refractivity contribution in [3.63, 3.8) is 0 Å². The molecule has 2 aromatic heterocycles. The molecule has 5 rings (SSSR count). The first kappa shape index (κ1) is 25.0. The van der Waals surface area contributed by atoms with Gasteiger partial charge in [-0.2, -0.15) is 0 Å². The number of carbonyl (C=O) groups is 1. The Balaban J connectivity index is 1.84. The second-order valence-corrected chi connectivity index (χ2v) is 10.3. The number of benzene rings is 2. The highest BCUT2D eigenvalue weighted by Crippen LogP contribution is 2.35. The molecule has 1 atom stereocenters. The molecule has 6 nitrogen and oxygen atoms in total. The number of aromatic nitrogens is 2. The molecule has 0 aliphatic carbocycles. The fraction of sp³-hybridized carbons (Fsp3) is 0.207. The normalized spacial score (nSPS) is 15.5. The van der Waals surface area contributed by atoms with Crippen molar-refractivity contribution >= 4 is 40.7 Å². The average molecular weight is 532 g/mol. The molecule has 0 saturated carbocycles. The number of carbonyl (C=O) groups excluding carboxylic acids is 1. The van der Waals surface area contributed by atoms with Crippen molar-refractivity contribution in [2.24, 2.45) is 12.0 Å². The predicted molar refractivity (Wildman–Crippen MR) is 147 cm³/mol. The minimum absolute atomic E-state index is 0.203. The van der Waals surface area contributed by atoms with Crippen LogP contribution in [0.3, 0.4) is 0 Å². The summed E-state index contributed by atoms with van der Waals surface area (Å²) in [5.74, 6) is -0.506. The van der Waals surface area contributed by atoms with Crippen LogP contribution in [0.15, 0.2) is 76.0 Å². The Labute approximate surface area is 223 Å². The van der Waals surface area contributed by atoms with Gasteiger partial charge in [-0.15, -0.1) is 0 Å². The van der Waals surface area contributed by atoms with Crippen molar-refractivity contribution in [1.82, 2.24) is 9.13 Å². The smallest absolute Gasteiger partial charge is 0.338 e. The number of ether oxygens (including phenoxy) is 1. The molecule has 1 aliphatic rings. The van der Waals surface area contributed by atoms with Crippen molar-refractivity contribution in [3.8, 4) is 0 Å². The minimum Gasteiger partial charge on any atom is -0.463 e. The fourth-order valence-electron chi connectivity index (χ4n) is 4.57. The number of fused-ring (bicyclic) bond motifs is 1. The molecule has 0 N–H and O–H groups in total. The second-order valence-electron chi connectivity index (χ2n) is 8.87. The average Bonchev–Trinajstić information content (AvgIpc) is 3.34. The van der Waals surface area contributed by atoms with E-state index in [1.54, 1.807) is 23.6 Å². The summed E-state index contributed by atoms with van der Waals surface area (Å²) in [5.41, 5.74) is 5.27. The lowest BCUT2D eigenvalue weighted by Gasteiger charge is -2.25. The number of thiazole rings is 1. The summed E-state index contributed by atoms with van der Waals surface area (Å²) in [4.78, 5) is 32.8. The van der Waals surface area contributed by atoms with Gasteiger partial charge in [0.1, 0.15) is 0 Å². The number of nitrogens with zero attached hydrogens (tertiary/aromatic N) is 3. The van der Waals surface area contributed by atoms with E-state index in [1.165, 1.54) is 11.3 Å². The van der Waals surface area contributed by atoms with Gasteiger partial charge in [-0.25, -0.2) is 9.79 Å². The third-order valence-corrected chi connectivity index (χ3v) is 7.90. The Kier molecular flexibility index (Phi) is 6.75. The van der Waals surface area contributed by atoms with Crippen molar-refractivity contribution < 1.29 is 9.53 Å². The zero-order valence-corrected chi connectivity index (χ0v) is 22.6. The topological polar surface area (TPSA) is 65.6 Å². The zero-order chi connectivity index (χ0) is 26.3. The lowest BCUT2D eigenvalue weighted by molar-refractivity contribution is -0.138. The largest absolute Gasteiger partial charge is 0.463 e. The minimum atomic E-state index is -0.719. The quantitative estimate of drug-likeness (QED) is 0.355. The Morgan fingerprint density at radius 2 is 1.84 bits per heavy atom. The zero-order valence-electron chi connectivity index (χ0n) is 21.0. The van der Waals surface area contributed by atoms with E-state index in [-0.39, 0.29) is 12.2 Å². The first-order chi connectivity index (χ1) is 17.8. The van der Waals surface area contributed by atoms with Gasteiger partial charge in [-0.1, -0.05) is 65.4 Å².